The average molecular weight is 324 g/mol. The second-order valence-corrected chi connectivity index (χ2v) is 6.77. The molecule has 128 valence electrons. The van der Waals surface area contributed by atoms with Gasteiger partial charge in [0.15, 0.2) is 0 Å². The van der Waals surface area contributed by atoms with Crippen molar-refractivity contribution in [1.29, 1.82) is 0 Å². The molecule has 0 fully saturated rings. The van der Waals surface area contributed by atoms with Crippen LogP contribution in [0.25, 0.3) is 11.1 Å². The first-order valence-electron chi connectivity index (χ1n) is 8.60. The molecule has 0 heterocycles. The van der Waals surface area contributed by atoms with Gasteiger partial charge in [-0.1, -0.05) is 50.2 Å². The molecule has 0 aliphatic rings. The van der Waals surface area contributed by atoms with Crippen LogP contribution in [0.15, 0.2) is 48.5 Å². The average Bonchev–Trinajstić information content (AvgIpc) is 2.58. The van der Waals surface area contributed by atoms with Gasteiger partial charge in [0.2, 0.25) is 0 Å². The van der Waals surface area contributed by atoms with Crippen molar-refractivity contribution in [2.75, 3.05) is 27.2 Å². The predicted molar refractivity (Wildman–Crippen MR) is 101 cm³/mol. The highest BCUT2D eigenvalue weighted by Crippen LogP contribution is 2.24. The topological polar surface area (TPSA) is 32.3 Å². The lowest BCUT2D eigenvalue weighted by atomic mass is 9.97. The second-order valence-electron chi connectivity index (χ2n) is 6.77. The molecule has 2 aromatic rings. The molecule has 0 aromatic heterocycles. The number of benzene rings is 2. The van der Waals surface area contributed by atoms with E-state index < -0.39 is 0 Å². The van der Waals surface area contributed by atoms with Crippen molar-refractivity contribution in [2.24, 2.45) is 0 Å². The first-order chi connectivity index (χ1) is 11.5. The fourth-order valence-electron chi connectivity index (χ4n) is 2.59. The highest BCUT2D eigenvalue weighted by atomic mass is 16.1. The maximum absolute atomic E-state index is 12.2. The minimum atomic E-state index is -0.00348. The summed E-state index contributed by atoms with van der Waals surface area (Å²) >= 11 is 0. The fourth-order valence-corrected chi connectivity index (χ4v) is 2.59. The van der Waals surface area contributed by atoms with Crippen molar-refractivity contribution in [1.82, 2.24) is 10.2 Å². The van der Waals surface area contributed by atoms with Crippen LogP contribution in [0.1, 0.15) is 42.1 Å². The number of amides is 1. The van der Waals surface area contributed by atoms with Gasteiger partial charge in [-0.05, 0) is 61.8 Å². The summed E-state index contributed by atoms with van der Waals surface area (Å²) in [5.74, 6) is 0.508. The summed E-state index contributed by atoms with van der Waals surface area (Å²) in [7, 11) is 4.07. The number of nitrogens with zero attached hydrogens (tertiary/aromatic N) is 1. The SMILES string of the molecule is CC(C)c1cccc(-c2ccc(C(=O)NCCCN(C)C)cc2)c1. The van der Waals surface area contributed by atoms with Crippen LogP contribution in [0.4, 0.5) is 0 Å². The van der Waals surface area contributed by atoms with Crippen molar-refractivity contribution in [3.63, 3.8) is 0 Å². The lowest BCUT2D eigenvalue weighted by Gasteiger charge is -2.11. The van der Waals surface area contributed by atoms with Crippen LogP contribution in [0.2, 0.25) is 0 Å². The van der Waals surface area contributed by atoms with E-state index in [0.29, 0.717) is 18.0 Å². The molecule has 0 unspecified atom stereocenters. The summed E-state index contributed by atoms with van der Waals surface area (Å²) in [5, 5.41) is 2.97. The Labute approximate surface area is 145 Å². The van der Waals surface area contributed by atoms with Gasteiger partial charge in [0.1, 0.15) is 0 Å². The lowest BCUT2D eigenvalue weighted by Crippen LogP contribution is -2.27. The third-order valence-electron chi connectivity index (χ3n) is 4.10. The second kappa shape index (κ2) is 8.65. The number of carbonyl (C=O) groups is 1. The zero-order chi connectivity index (χ0) is 17.5. The number of hydrogen-bond donors (Lipinski definition) is 1. The summed E-state index contributed by atoms with van der Waals surface area (Å²) in [6, 6.07) is 16.4. The Kier molecular flexibility index (Phi) is 6.56. The maximum Gasteiger partial charge on any atom is 0.251 e. The minimum Gasteiger partial charge on any atom is -0.352 e. The third-order valence-corrected chi connectivity index (χ3v) is 4.10. The normalized spacial score (nSPS) is 11.1. The molecular formula is C21H28N2O. The molecule has 2 aromatic carbocycles. The molecule has 1 amide bonds. The van der Waals surface area contributed by atoms with Crippen LogP contribution in [0.5, 0.6) is 0 Å². The molecule has 3 nitrogen and oxygen atoms in total. The molecule has 0 spiro atoms. The van der Waals surface area contributed by atoms with Crippen LogP contribution in [-0.4, -0.2) is 38.0 Å². The molecule has 2 rings (SSSR count). The lowest BCUT2D eigenvalue weighted by molar-refractivity contribution is 0.0952. The van der Waals surface area contributed by atoms with Gasteiger partial charge >= 0.3 is 0 Å². The van der Waals surface area contributed by atoms with E-state index in [1.807, 2.05) is 38.4 Å². The van der Waals surface area contributed by atoms with E-state index in [0.717, 1.165) is 18.5 Å². The monoisotopic (exact) mass is 324 g/mol. The number of nitrogens with one attached hydrogen (secondary N) is 1. The largest absolute Gasteiger partial charge is 0.352 e. The van der Waals surface area contributed by atoms with Crippen LogP contribution in [0, 0.1) is 0 Å². The van der Waals surface area contributed by atoms with Crippen LogP contribution >= 0.6 is 0 Å². The van der Waals surface area contributed by atoms with Gasteiger partial charge in [-0.25, -0.2) is 0 Å². The summed E-state index contributed by atoms with van der Waals surface area (Å²) in [5.41, 5.74) is 4.37. The minimum absolute atomic E-state index is 0.00348. The van der Waals surface area contributed by atoms with Crippen molar-refractivity contribution >= 4 is 5.91 Å². The number of hydrogen-bond acceptors (Lipinski definition) is 2. The predicted octanol–water partition coefficient (Wildman–Crippen LogP) is 4.16. The van der Waals surface area contributed by atoms with Crippen LogP contribution in [-0.2, 0) is 0 Å². The van der Waals surface area contributed by atoms with Gasteiger partial charge in [-0.2, -0.15) is 0 Å². The first kappa shape index (κ1) is 18.2. The summed E-state index contributed by atoms with van der Waals surface area (Å²) in [6.07, 6.45) is 0.957. The Morgan fingerprint density at radius 2 is 1.75 bits per heavy atom. The van der Waals surface area contributed by atoms with E-state index in [9.17, 15) is 4.79 Å². The smallest absolute Gasteiger partial charge is 0.251 e. The molecule has 0 aliphatic heterocycles. The zero-order valence-electron chi connectivity index (χ0n) is 15.2. The summed E-state index contributed by atoms with van der Waals surface area (Å²) < 4.78 is 0. The quantitative estimate of drug-likeness (QED) is 0.776. The van der Waals surface area contributed by atoms with Crippen LogP contribution in [0.3, 0.4) is 0 Å². The first-order valence-corrected chi connectivity index (χ1v) is 8.60. The zero-order valence-corrected chi connectivity index (χ0v) is 15.2. The Hall–Kier alpha value is -2.13. The van der Waals surface area contributed by atoms with Gasteiger partial charge in [0, 0.05) is 12.1 Å². The van der Waals surface area contributed by atoms with Crippen molar-refractivity contribution < 1.29 is 4.79 Å². The van der Waals surface area contributed by atoms with Gasteiger partial charge in [-0.3, -0.25) is 4.79 Å². The third kappa shape index (κ3) is 5.20. The van der Waals surface area contributed by atoms with Gasteiger partial charge < -0.3 is 10.2 Å². The van der Waals surface area contributed by atoms with E-state index in [-0.39, 0.29) is 5.91 Å². The molecule has 0 bridgehead atoms. The Morgan fingerprint density at radius 3 is 2.38 bits per heavy atom. The number of rotatable bonds is 7. The fraction of sp³-hybridized carbons (Fsp3) is 0.381. The van der Waals surface area contributed by atoms with E-state index in [1.54, 1.807) is 0 Å². The van der Waals surface area contributed by atoms with E-state index in [4.69, 9.17) is 0 Å². The van der Waals surface area contributed by atoms with Gasteiger partial charge in [-0.15, -0.1) is 0 Å². The highest BCUT2D eigenvalue weighted by molar-refractivity contribution is 5.94. The Bertz CT molecular complexity index is 660. The molecule has 0 atom stereocenters. The Balaban J connectivity index is 2.00. The van der Waals surface area contributed by atoms with Gasteiger partial charge in [0.05, 0.1) is 0 Å². The molecule has 1 N–H and O–H groups in total. The van der Waals surface area contributed by atoms with Crippen molar-refractivity contribution in [3.05, 3.63) is 59.7 Å². The van der Waals surface area contributed by atoms with Crippen molar-refractivity contribution in [3.8, 4) is 11.1 Å². The molecular weight excluding hydrogens is 296 g/mol. The van der Waals surface area contributed by atoms with E-state index in [2.05, 4.69) is 48.3 Å². The molecule has 0 aliphatic carbocycles. The molecule has 0 saturated carbocycles. The molecule has 0 radical (unpaired) electrons. The number of carbonyl (C=O) groups excluding carboxylic acids is 1. The summed E-state index contributed by atoms with van der Waals surface area (Å²) in [4.78, 5) is 14.3. The van der Waals surface area contributed by atoms with E-state index >= 15 is 0 Å². The summed E-state index contributed by atoms with van der Waals surface area (Å²) in [6.45, 7) is 6.08. The van der Waals surface area contributed by atoms with Gasteiger partial charge in [0.25, 0.3) is 5.91 Å². The van der Waals surface area contributed by atoms with E-state index in [1.165, 1.54) is 11.1 Å². The molecule has 24 heavy (non-hydrogen) atoms. The maximum atomic E-state index is 12.2. The molecule has 0 saturated heterocycles. The van der Waals surface area contributed by atoms with Crippen molar-refractivity contribution in [2.45, 2.75) is 26.2 Å². The standard InChI is InChI=1S/C21H28N2O/c1-16(2)19-7-5-8-20(15-19)17-9-11-18(12-10-17)21(24)22-13-6-14-23(3)4/h5,7-12,15-16H,6,13-14H2,1-4H3,(H,22,24). The Morgan fingerprint density at radius 1 is 1.04 bits per heavy atom. The highest BCUT2D eigenvalue weighted by Gasteiger charge is 2.06. The molecule has 3 heteroatoms. The van der Waals surface area contributed by atoms with Crippen LogP contribution < -0.4 is 5.32 Å².